The summed E-state index contributed by atoms with van der Waals surface area (Å²) in [4.78, 5) is 16.4. The molecular weight excluding hydrogens is 396 g/mol. The van der Waals surface area contributed by atoms with Crippen LogP contribution in [0.4, 0.5) is 0 Å². The molecule has 0 bridgehead atoms. The molecular formula is C23H24N4O2S. The molecule has 1 saturated heterocycles. The van der Waals surface area contributed by atoms with Crippen molar-refractivity contribution in [2.24, 2.45) is 0 Å². The fourth-order valence-electron chi connectivity index (χ4n) is 4.04. The molecule has 3 aromatic rings. The van der Waals surface area contributed by atoms with Crippen molar-refractivity contribution >= 4 is 17.7 Å². The Morgan fingerprint density at radius 3 is 2.67 bits per heavy atom. The zero-order chi connectivity index (χ0) is 20.5. The van der Waals surface area contributed by atoms with Crippen molar-refractivity contribution in [2.75, 3.05) is 33.4 Å². The third-order valence-corrected chi connectivity index (χ3v) is 6.66. The van der Waals surface area contributed by atoms with E-state index in [-0.39, 0.29) is 5.91 Å². The molecule has 2 aliphatic heterocycles. The van der Waals surface area contributed by atoms with Crippen LogP contribution < -0.4 is 5.32 Å². The standard InChI is InChI=1S/C23H24N4O2S/c1-24-14-16-6-8-17(9-7-16)27-22-18-4-2-3-5-20(18)30-15-19(22)21(25-27)23(28)26-10-12-29-13-11-26/h2-9,24H,10-15H2,1H3. The van der Waals surface area contributed by atoms with Crippen LogP contribution in [0.3, 0.4) is 0 Å². The van der Waals surface area contributed by atoms with Gasteiger partial charge in [0.15, 0.2) is 5.69 Å². The minimum atomic E-state index is 0.0000780. The lowest BCUT2D eigenvalue weighted by atomic mass is 10.0. The largest absolute Gasteiger partial charge is 0.378 e. The van der Waals surface area contributed by atoms with Crippen molar-refractivity contribution < 1.29 is 9.53 Å². The van der Waals surface area contributed by atoms with Crippen LogP contribution in [0.15, 0.2) is 53.4 Å². The number of ether oxygens (including phenoxy) is 1. The van der Waals surface area contributed by atoms with E-state index in [4.69, 9.17) is 9.84 Å². The highest BCUT2D eigenvalue weighted by atomic mass is 32.2. The van der Waals surface area contributed by atoms with Crippen molar-refractivity contribution in [2.45, 2.75) is 17.2 Å². The Morgan fingerprint density at radius 2 is 1.90 bits per heavy atom. The van der Waals surface area contributed by atoms with Gasteiger partial charge < -0.3 is 15.0 Å². The second-order valence-electron chi connectivity index (χ2n) is 7.47. The Kier molecular flexibility index (Phi) is 5.33. The summed E-state index contributed by atoms with van der Waals surface area (Å²) < 4.78 is 7.37. The first-order valence-electron chi connectivity index (χ1n) is 10.2. The van der Waals surface area contributed by atoms with Crippen LogP contribution in [0.1, 0.15) is 21.6 Å². The number of thioether (sulfide) groups is 1. The number of rotatable bonds is 4. The first-order valence-corrected chi connectivity index (χ1v) is 11.2. The van der Waals surface area contributed by atoms with Crippen molar-refractivity contribution in [3.8, 4) is 16.9 Å². The van der Waals surface area contributed by atoms with Gasteiger partial charge >= 0.3 is 0 Å². The highest BCUT2D eigenvalue weighted by Gasteiger charge is 2.31. The molecule has 6 nitrogen and oxygen atoms in total. The molecule has 2 aliphatic rings. The van der Waals surface area contributed by atoms with Crippen molar-refractivity contribution in [3.05, 3.63) is 65.4 Å². The smallest absolute Gasteiger partial charge is 0.274 e. The first kappa shape index (κ1) is 19.4. The SMILES string of the molecule is CNCc1ccc(-n2nc(C(=O)N3CCOCC3)c3c2-c2ccccc2SC3)cc1. The molecule has 7 heteroatoms. The third-order valence-electron chi connectivity index (χ3n) is 5.56. The summed E-state index contributed by atoms with van der Waals surface area (Å²) >= 11 is 1.77. The van der Waals surface area contributed by atoms with Gasteiger partial charge in [0.1, 0.15) is 0 Å². The van der Waals surface area contributed by atoms with Gasteiger partial charge in [0.25, 0.3) is 5.91 Å². The maximum absolute atomic E-state index is 13.3. The fraction of sp³-hybridized carbons (Fsp3) is 0.304. The maximum atomic E-state index is 13.3. The van der Waals surface area contributed by atoms with Crippen LogP contribution in [0, 0.1) is 0 Å². The van der Waals surface area contributed by atoms with Crippen LogP contribution in [-0.4, -0.2) is 53.9 Å². The van der Waals surface area contributed by atoms with Crippen LogP contribution in [0.5, 0.6) is 0 Å². The number of hydrogen-bond donors (Lipinski definition) is 1. The molecule has 0 radical (unpaired) electrons. The molecule has 0 unspecified atom stereocenters. The van der Waals surface area contributed by atoms with Gasteiger partial charge in [-0.15, -0.1) is 11.8 Å². The molecule has 30 heavy (non-hydrogen) atoms. The zero-order valence-electron chi connectivity index (χ0n) is 16.9. The summed E-state index contributed by atoms with van der Waals surface area (Å²) in [6, 6.07) is 16.7. The number of morpholine rings is 1. The predicted octanol–water partition coefficient (Wildman–Crippen LogP) is 3.34. The molecule has 0 saturated carbocycles. The molecule has 1 N–H and O–H groups in total. The summed E-state index contributed by atoms with van der Waals surface area (Å²) in [6.45, 7) is 3.21. The van der Waals surface area contributed by atoms with E-state index in [0.29, 0.717) is 32.0 Å². The number of benzene rings is 2. The summed E-state index contributed by atoms with van der Waals surface area (Å²) in [5, 5.41) is 8.04. The predicted molar refractivity (Wildman–Crippen MR) is 118 cm³/mol. The second-order valence-corrected chi connectivity index (χ2v) is 8.49. The van der Waals surface area contributed by atoms with Crippen molar-refractivity contribution in [3.63, 3.8) is 0 Å². The van der Waals surface area contributed by atoms with E-state index < -0.39 is 0 Å². The highest BCUT2D eigenvalue weighted by molar-refractivity contribution is 7.98. The highest BCUT2D eigenvalue weighted by Crippen LogP contribution is 2.43. The topological polar surface area (TPSA) is 59.4 Å². The number of carbonyl (C=O) groups is 1. The molecule has 1 fully saturated rings. The molecule has 154 valence electrons. The van der Waals surface area contributed by atoms with Crippen LogP contribution in [0.25, 0.3) is 16.9 Å². The van der Waals surface area contributed by atoms with E-state index in [2.05, 4.69) is 47.8 Å². The van der Waals surface area contributed by atoms with Gasteiger partial charge in [-0.25, -0.2) is 4.68 Å². The van der Waals surface area contributed by atoms with E-state index in [1.807, 2.05) is 22.7 Å². The number of nitrogens with zero attached hydrogens (tertiary/aromatic N) is 3. The van der Waals surface area contributed by atoms with Gasteiger partial charge in [0.2, 0.25) is 0 Å². The van der Waals surface area contributed by atoms with E-state index >= 15 is 0 Å². The summed E-state index contributed by atoms with van der Waals surface area (Å²) in [7, 11) is 1.94. The molecule has 0 atom stereocenters. The van der Waals surface area contributed by atoms with Gasteiger partial charge in [-0.2, -0.15) is 5.10 Å². The zero-order valence-corrected chi connectivity index (χ0v) is 17.7. The minimum Gasteiger partial charge on any atom is -0.378 e. The van der Waals surface area contributed by atoms with Crippen LogP contribution >= 0.6 is 11.8 Å². The molecule has 0 spiro atoms. The van der Waals surface area contributed by atoms with E-state index in [0.717, 1.165) is 34.8 Å². The molecule has 5 rings (SSSR count). The minimum absolute atomic E-state index is 0.0000780. The Hall–Kier alpha value is -2.61. The molecule has 1 aromatic heterocycles. The van der Waals surface area contributed by atoms with Crippen molar-refractivity contribution in [1.82, 2.24) is 20.0 Å². The lowest BCUT2D eigenvalue weighted by Gasteiger charge is -2.26. The summed E-state index contributed by atoms with van der Waals surface area (Å²) in [5.74, 6) is 0.746. The Morgan fingerprint density at radius 1 is 1.13 bits per heavy atom. The van der Waals surface area contributed by atoms with Crippen molar-refractivity contribution in [1.29, 1.82) is 0 Å². The number of nitrogens with one attached hydrogen (secondary N) is 1. The Balaban J connectivity index is 1.63. The summed E-state index contributed by atoms with van der Waals surface area (Å²) in [6.07, 6.45) is 0. The fourth-order valence-corrected chi connectivity index (χ4v) is 5.10. The molecule has 1 amide bonds. The maximum Gasteiger partial charge on any atom is 0.274 e. The van der Waals surface area contributed by atoms with Gasteiger partial charge in [0.05, 0.1) is 24.6 Å². The molecule has 2 aromatic carbocycles. The second kappa shape index (κ2) is 8.26. The van der Waals surface area contributed by atoms with E-state index in [1.165, 1.54) is 10.5 Å². The average Bonchev–Trinajstić information content (AvgIpc) is 3.20. The number of fused-ring (bicyclic) bond motifs is 3. The molecule has 0 aliphatic carbocycles. The third kappa shape index (κ3) is 3.43. The monoisotopic (exact) mass is 420 g/mol. The number of carbonyl (C=O) groups excluding carboxylic acids is 1. The average molecular weight is 421 g/mol. The van der Waals surface area contributed by atoms with Gasteiger partial charge in [-0.3, -0.25) is 4.79 Å². The normalized spacial score (nSPS) is 15.6. The first-order chi connectivity index (χ1) is 14.8. The van der Waals surface area contributed by atoms with Gasteiger partial charge in [-0.05, 0) is 30.8 Å². The van der Waals surface area contributed by atoms with Crippen LogP contribution in [0.2, 0.25) is 0 Å². The lowest BCUT2D eigenvalue weighted by Crippen LogP contribution is -2.41. The summed E-state index contributed by atoms with van der Waals surface area (Å²) in [5.41, 5.74) is 5.93. The van der Waals surface area contributed by atoms with E-state index in [9.17, 15) is 4.79 Å². The quantitative estimate of drug-likeness (QED) is 0.702. The number of hydrogen-bond acceptors (Lipinski definition) is 5. The van der Waals surface area contributed by atoms with Gasteiger partial charge in [0, 0.05) is 41.4 Å². The number of aromatic nitrogens is 2. The Bertz CT molecular complexity index is 1070. The van der Waals surface area contributed by atoms with E-state index in [1.54, 1.807) is 11.8 Å². The lowest BCUT2D eigenvalue weighted by molar-refractivity contribution is 0.0298. The van der Waals surface area contributed by atoms with Crippen LogP contribution in [-0.2, 0) is 17.0 Å². The van der Waals surface area contributed by atoms with Gasteiger partial charge in [-0.1, -0.05) is 30.3 Å². The number of amides is 1. The Labute approximate surface area is 180 Å². The molecule has 3 heterocycles.